The number of ether oxygens (including phenoxy) is 6. The van der Waals surface area contributed by atoms with Crippen LogP contribution >= 0.6 is 0 Å². The lowest BCUT2D eigenvalue weighted by molar-refractivity contribution is -0.136. The molecule has 2 atom stereocenters. The Balaban J connectivity index is 0.000000241. The molecule has 0 bridgehead atoms. The summed E-state index contributed by atoms with van der Waals surface area (Å²) in [6.07, 6.45) is 3.30. The van der Waals surface area contributed by atoms with Gasteiger partial charge in [-0.05, 0) is 102 Å². The molecule has 16 heteroatoms. The number of aryl methyl sites for hydroxylation is 2. The highest BCUT2D eigenvalue weighted by atomic mass is 16.5. The maximum atomic E-state index is 12.6. The van der Waals surface area contributed by atoms with E-state index in [1.807, 2.05) is 37.3 Å². The number of methoxy groups -OCH3 is 6. The predicted octanol–water partition coefficient (Wildman–Crippen LogP) is 6.35. The van der Waals surface area contributed by atoms with E-state index in [2.05, 4.69) is 21.3 Å². The fraction of sp³-hybridized carbons (Fsp3) is 0.396. The lowest BCUT2D eigenvalue weighted by Crippen LogP contribution is -2.28. The molecule has 342 valence electrons. The van der Waals surface area contributed by atoms with Gasteiger partial charge in [-0.1, -0.05) is 19.1 Å². The number of benzene rings is 4. The Bertz CT molecular complexity index is 2400. The first kappa shape index (κ1) is 48.1. The second kappa shape index (κ2) is 21.9. The summed E-state index contributed by atoms with van der Waals surface area (Å²) < 4.78 is 33.7. The van der Waals surface area contributed by atoms with E-state index in [1.165, 1.54) is 21.0 Å². The fourth-order valence-corrected chi connectivity index (χ4v) is 8.27. The van der Waals surface area contributed by atoms with Crippen LogP contribution in [0.5, 0.6) is 34.5 Å². The number of hydrogen-bond acceptors (Lipinski definition) is 11. The van der Waals surface area contributed by atoms with Crippen LogP contribution in [0.15, 0.2) is 48.5 Å². The van der Waals surface area contributed by atoms with E-state index in [4.69, 9.17) is 33.5 Å². The van der Waals surface area contributed by atoms with Gasteiger partial charge in [0.2, 0.25) is 23.3 Å². The summed E-state index contributed by atoms with van der Waals surface area (Å²) in [6.45, 7) is 5.59. The molecular weight excluding hydrogens is 825 g/mol. The number of nitrogens with one attached hydrogen (secondary N) is 4. The third-order valence-electron chi connectivity index (χ3n) is 11.1. The summed E-state index contributed by atoms with van der Waals surface area (Å²) in [5, 5.41) is 20.4. The number of aliphatic carboxylic acids is 1. The zero-order valence-electron chi connectivity index (χ0n) is 37.9. The molecule has 0 heterocycles. The summed E-state index contributed by atoms with van der Waals surface area (Å²) in [7, 11) is 9.41. The van der Waals surface area contributed by atoms with Crippen molar-refractivity contribution in [2.45, 2.75) is 71.4 Å². The van der Waals surface area contributed by atoms with Gasteiger partial charge < -0.3 is 54.8 Å². The van der Waals surface area contributed by atoms with Crippen LogP contribution in [0.25, 0.3) is 22.3 Å². The van der Waals surface area contributed by atoms with E-state index < -0.39 is 5.97 Å². The van der Waals surface area contributed by atoms with Crippen LogP contribution in [0.1, 0.15) is 102 Å². The van der Waals surface area contributed by atoms with Crippen LogP contribution < -0.4 is 49.7 Å². The Labute approximate surface area is 373 Å². The molecule has 5 N–H and O–H groups in total. The third kappa shape index (κ3) is 10.6. The van der Waals surface area contributed by atoms with Gasteiger partial charge in [-0.25, -0.2) is 0 Å². The number of carbonyl (C=O) groups is 5. The first-order valence-corrected chi connectivity index (χ1v) is 21.0. The van der Waals surface area contributed by atoms with E-state index in [0.29, 0.717) is 77.9 Å². The zero-order valence-corrected chi connectivity index (χ0v) is 37.9. The highest BCUT2D eigenvalue weighted by Gasteiger charge is 2.32. The largest absolute Gasteiger partial charge is 0.493 e. The topological polar surface area (TPSA) is 209 Å². The second-order valence-electron chi connectivity index (χ2n) is 15.2. The molecule has 4 amide bonds. The molecule has 0 radical (unpaired) electrons. The maximum absolute atomic E-state index is 12.6. The minimum atomic E-state index is -0.990. The molecule has 64 heavy (non-hydrogen) atoms. The van der Waals surface area contributed by atoms with Crippen molar-refractivity contribution in [3.8, 4) is 56.8 Å². The van der Waals surface area contributed by atoms with Gasteiger partial charge in [0, 0.05) is 49.2 Å². The standard InChI is InChI=1S/C24H28N2O7.C24H30N2O5/c1-13(27)26-18-8-6-14-12-19(31-2)22(32-3)23(33-4)21(14)16-7-5-15(11-17(16)18)24(30)25-10-9-20(28)29;1-6-11-25-24(28)16-7-9-17-18(12-16)19(26-14(2)27)10-8-15-13-20(29-3)22(30-4)23(31-5)21(15)17/h5,7,11-12,18H,6,8-10H2,1-4H3,(H,25,30)(H,26,27)(H,28,29);7,9,12-13,19H,6,8,10-11H2,1-5H3,(H,25,28)(H,26,27)/t18-;19-/m00/s1. The average molecular weight is 883 g/mol. The lowest BCUT2D eigenvalue weighted by atomic mass is 9.92. The van der Waals surface area contributed by atoms with Crippen LogP contribution in [-0.4, -0.2) is 90.5 Å². The van der Waals surface area contributed by atoms with E-state index in [-0.39, 0.29) is 48.7 Å². The van der Waals surface area contributed by atoms with Gasteiger partial charge in [0.25, 0.3) is 11.8 Å². The molecule has 0 fully saturated rings. The molecule has 4 aromatic carbocycles. The van der Waals surface area contributed by atoms with Gasteiger partial charge in [0.05, 0.1) is 61.2 Å². The normalized spacial score (nSPS) is 14.4. The first-order chi connectivity index (χ1) is 30.7. The number of carbonyl (C=O) groups excluding carboxylic acids is 4. The molecule has 0 spiro atoms. The van der Waals surface area contributed by atoms with Crippen LogP contribution in [0, 0.1) is 0 Å². The van der Waals surface area contributed by atoms with Crippen molar-refractivity contribution in [2.24, 2.45) is 0 Å². The van der Waals surface area contributed by atoms with Gasteiger partial charge >= 0.3 is 5.97 Å². The summed E-state index contributed by atoms with van der Waals surface area (Å²) in [5.41, 5.74) is 7.99. The Kier molecular flexibility index (Phi) is 16.4. The Morgan fingerprint density at radius 3 is 1.33 bits per heavy atom. The average Bonchev–Trinajstić information content (AvgIpc) is 3.53. The Morgan fingerprint density at radius 1 is 0.578 bits per heavy atom. The highest BCUT2D eigenvalue weighted by molar-refractivity contribution is 5.97. The van der Waals surface area contributed by atoms with Gasteiger partial charge in [-0.15, -0.1) is 0 Å². The zero-order chi connectivity index (χ0) is 46.7. The molecule has 0 unspecified atom stereocenters. The number of hydrogen-bond donors (Lipinski definition) is 5. The number of fused-ring (bicyclic) bond motifs is 6. The number of carboxylic acid groups (broad SMARTS) is 1. The molecule has 16 nitrogen and oxygen atoms in total. The molecule has 0 aliphatic heterocycles. The molecule has 2 aliphatic carbocycles. The number of amides is 4. The minimum absolute atomic E-state index is 0.0219. The lowest BCUT2D eigenvalue weighted by Gasteiger charge is -2.21. The molecule has 6 rings (SSSR count). The van der Waals surface area contributed by atoms with Gasteiger partial charge in [-0.2, -0.15) is 0 Å². The van der Waals surface area contributed by atoms with Crippen molar-refractivity contribution in [3.63, 3.8) is 0 Å². The van der Waals surface area contributed by atoms with E-state index in [9.17, 15) is 24.0 Å². The van der Waals surface area contributed by atoms with Crippen molar-refractivity contribution in [2.75, 3.05) is 55.7 Å². The van der Waals surface area contributed by atoms with Crippen molar-refractivity contribution in [1.82, 2.24) is 21.3 Å². The van der Waals surface area contributed by atoms with Gasteiger partial charge in [0.15, 0.2) is 23.0 Å². The summed E-state index contributed by atoms with van der Waals surface area (Å²) in [5.74, 6) is 1.38. The molecular formula is C48H58N4O12. The molecule has 0 saturated carbocycles. The van der Waals surface area contributed by atoms with Crippen LogP contribution in [0.4, 0.5) is 0 Å². The summed E-state index contributed by atoms with van der Waals surface area (Å²) >= 11 is 0. The highest BCUT2D eigenvalue weighted by Crippen LogP contribution is 2.52. The van der Waals surface area contributed by atoms with Crippen molar-refractivity contribution in [1.29, 1.82) is 0 Å². The second-order valence-corrected chi connectivity index (χ2v) is 15.2. The fourth-order valence-electron chi connectivity index (χ4n) is 8.27. The predicted molar refractivity (Wildman–Crippen MR) is 240 cm³/mol. The van der Waals surface area contributed by atoms with Gasteiger partial charge in [-0.3, -0.25) is 24.0 Å². The van der Waals surface area contributed by atoms with Crippen LogP contribution in [-0.2, 0) is 27.2 Å². The summed E-state index contributed by atoms with van der Waals surface area (Å²) in [4.78, 5) is 59.8. The smallest absolute Gasteiger partial charge is 0.305 e. The Hall–Kier alpha value is -6.97. The Morgan fingerprint density at radius 2 is 0.984 bits per heavy atom. The molecule has 0 aromatic heterocycles. The quantitative estimate of drug-likeness (QED) is 0.0885. The van der Waals surface area contributed by atoms with E-state index in [1.54, 1.807) is 53.7 Å². The number of rotatable bonds is 15. The third-order valence-corrected chi connectivity index (χ3v) is 11.1. The number of carboxylic acids is 1. The molecule has 4 aromatic rings. The van der Waals surface area contributed by atoms with Crippen LogP contribution in [0.3, 0.4) is 0 Å². The van der Waals surface area contributed by atoms with Crippen molar-refractivity contribution in [3.05, 3.63) is 81.9 Å². The van der Waals surface area contributed by atoms with Crippen LogP contribution in [0.2, 0.25) is 0 Å². The maximum Gasteiger partial charge on any atom is 0.305 e. The summed E-state index contributed by atoms with van der Waals surface area (Å²) in [6, 6.07) is 14.1. The minimum Gasteiger partial charge on any atom is -0.493 e. The van der Waals surface area contributed by atoms with Crippen molar-refractivity contribution >= 4 is 29.6 Å². The van der Waals surface area contributed by atoms with Gasteiger partial charge in [0.1, 0.15) is 0 Å². The van der Waals surface area contributed by atoms with Crippen molar-refractivity contribution < 1.29 is 57.5 Å². The first-order valence-electron chi connectivity index (χ1n) is 21.0. The monoisotopic (exact) mass is 882 g/mol. The SMILES string of the molecule is CCCNC(=O)c1ccc2c(c1)[C@@H](NC(C)=O)CCc1cc(OC)c(OC)c(OC)c1-2.COc1cc2c(c(OC)c1OC)-c1ccc(C(=O)NCCC(=O)O)cc1[C@@H](NC(C)=O)CC2. The van der Waals surface area contributed by atoms with E-state index >= 15 is 0 Å². The van der Waals surface area contributed by atoms with E-state index in [0.717, 1.165) is 50.9 Å². The molecule has 2 aliphatic rings. The molecule has 0 saturated heterocycles.